The van der Waals surface area contributed by atoms with E-state index < -0.39 is 5.91 Å². The van der Waals surface area contributed by atoms with Crippen LogP contribution in [-0.4, -0.2) is 22.7 Å². The number of aromatic hydroxyl groups is 1. The number of phenols is 1. The quantitative estimate of drug-likeness (QED) is 0.279. The molecule has 132 valence electrons. The van der Waals surface area contributed by atoms with Crippen LogP contribution in [0.2, 0.25) is 0 Å². The highest BCUT2D eigenvalue weighted by atomic mass is 16.4. The van der Waals surface area contributed by atoms with Gasteiger partial charge in [0.05, 0.1) is 5.71 Å². The van der Waals surface area contributed by atoms with E-state index in [1.807, 2.05) is 0 Å². The van der Waals surface area contributed by atoms with E-state index in [0.29, 0.717) is 16.8 Å². The number of anilines is 1. The minimum atomic E-state index is -0.419. The first-order valence-corrected chi connectivity index (χ1v) is 7.71. The van der Waals surface area contributed by atoms with E-state index in [9.17, 15) is 9.90 Å². The molecule has 0 saturated heterocycles. The van der Waals surface area contributed by atoms with E-state index in [4.69, 9.17) is 15.6 Å². The van der Waals surface area contributed by atoms with Crippen molar-refractivity contribution in [2.75, 3.05) is 5.32 Å². The number of furan rings is 1. The molecule has 2 aromatic carbocycles. The Bertz CT molecular complexity index is 1010. The Kier molecular flexibility index (Phi) is 4.57. The van der Waals surface area contributed by atoms with E-state index in [0.717, 1.165) is 5.56 Å². The number of benzene rings is 2. The summed E-state index contributed by atoms with van der Waals surface area (Å²) in [7, 11) is 0. The summed E-state index contributed by atoms with van der Waals surface area (Å²) in [6.45, 7) is 1.77. The predicted molar refractivity (Wildman–Crippen MR) is 99.5 cm³/mol. The van der Waals surface area contributed by atoms with E-state index in [-0.39, 0.29) is 23.1 Å². The van der Waals surface area contributed by atoms with Gasteiger partial charge in [0.2, 0.25) is 5.96 Å². The molecule has 3 rings (SSSR count). The predicted octanol–water partition coefficient (Wildman–Crippen LogP) is 2.60. The fraction of sp³-hybridized carbons (Fsp3) is 0.0556. The van der Waals surface area contributed by atoms with Crippen molar-refractivity contribution in [2.24, 2.45) is 10.8 Å². The number of carbonyl (C=O) groups is 1. The number of amides is 1. The van der Waals surface area contributed by atoms with Gasteiger partial charge in [0.25, 0.3) is 5.91 Å². The molecule has 0 fully saturated rings. The number of carbonyl (C=O) groups excluding carboxylic acids is 1. The molecule has 8 nitrogen and oxygen atoms in total. The van der Waals surface area contributed by atoms with Crippen LogP contribution in [0.4, 0.5) is 5.69 Å². The summed E-state index contributed by atoms with van der Waals surface area (Å²) < 4.78 is 5.43. The SMILES string of the molecule is C/C(=N\NC(=N)N)c1ccc(NC(=O)c2cc3cccc(O)c3o2)cc1. The second kappa shape index (κ2) is 6.98. The summed E-state index contributed by atoms with van der Waals surface area (Å²) in [6, 6.07) is 13.5. The van der Waals surface area contributed by atoms with Crippen molar-refractivity contribution in [3.05, 3.63) is 59.9 Å². The van der Waals surface area contributed by atoms with Gasteiger partial charge in [-0.2, -0.15) is 5.10 Å². The molecule has 0 aliphatic rings. The molecule has 0 aliphatic heterocycles. The lowest BCUT2D eigenvalue weighted by molar-refractivity contribution is 0.0998. The number of nitrogens with two attached hydrogens (primary N) is 1. The Morgan fingerprint density at radius 2 is 1.96 bits per heavy atom. The van der Waals surface area contributed by atoms with E-state index in [1.54, 1.807) is 49.4 Å². The van der Waals surface area contributed by atoms with Crippen molar-refractivity contribution < 1.29 is 14.3 Å². The van der Waals surface area contributed by atoms with Crippen molar-refractivity contribution in [1.29, 1.82) is 5.41 Å². The van der Waals surface area contributed by atoms with E-state index in [1.165, 1.54) is 6.07 Å². The number of fused-ring (bicyclic) bond motifs is 1. The summed E-state index contributed by atoms with van der Waals surface area (Å²) in [5, 5.41) is 24.2. The number of rotatable bonds is 4. The number of nitrogens with zero attached hydrogens (tertiary/aromatic N) is 1. The first-order chi connectivity index (χ1) is 12.4. The second-order valence-corrected chi connectivity index (χ2v) is 5.56. The van der Waals surface area contributed by atoms with Crippen molar-refractivity contribution in [2.45, 2.75) is 6.92 Å². The molecule has 6 N–H and O–H groups in total. The molecule has 0 bridgehead atoms. The number of hydrogen-bond acceptors (Lipinski definition) is 5. The molecule has 3 aromatic rings. The standard InChI is InChI=1S/C18H17N5O3/c1-10(22-23-18(19)20)11-5-7-13(8-6-11)21-17(25)15-9-12-3-2-4-14(24)16(12)26-15/h2-9,24H,1H3,(H,21,25)(H4,19,20,23)/b22-10+. The summed E-state index contributed by atoms with van der Waals surface area (Å²) >= 11 is 0. The van der Waals surface area contributed by atoms with Crippen molar-refractivity contribution in [3.63, 3.8) is 0 Å². The van der Waals surface area contributed by atoms with Crippen molar-refractivity contribution in [1.82, 2.24) is 5.43 Å². The number of guanidine groups is 1. The summed E-state index contributed by atoms with van der Waals surface area (Å²) in [5.41, 5.74) is 9.87. The van der Waals surface area contributed by atoms with Crippen molar-refractivity contribution >= 4 is 34.2 Å². The maximum absolute atomic E-state index is 12.3. The van der Waals surface area contributed by atoms with Gasteiger partial charge in [-0.05, 0) is 36.8 Å². The Balaban J connectivity index is 1.74. The van der Waals surface area contributed by atoms with Gasteiger partial charge in [0, 0.05) is 11.1 Å². The number of para-hydroxylation sites is 1. The molecule has 1 aromatic heterocycles. The van der Waals surface area contributed by atoms with Gasteiger partial charge >= 0.3 is 0 Å². The van der Waals surface area contributed by atoms with Crippen LogP contribution in [-0.2, 0) is 0 Å². The van der Waals surface area contributed by atoms with Crippen LogP contribution in [0.1, 0.15) is 23.0 Å². The second-order valence-electron chi connectivity index (χ2n) is 5.56. The fourth-order valence-corrected chi connectivity index (χ4v) is 2.36. The average molecular weight is 351 g/mol. The summed E-state index contributed by atoms with van der Waals surface area (Å²) in [6.07, 6.45) is 0. The molecule has 0 spiro atoms. The Hall–Kier alpha value is -3.81. The topological polar surface area (TPSA) is 137 Å². The smallest absolute Gasteiger partial charge is 0.291 e. The first-order valence-electron chi connectivity index (χ1n) is 7.71. The van der Waals surface area contributed by atoms with Gasteiger partial charge in [-0.15, -0.1) is 0 Å². The minimum absolute atomic E-state index is 0.0140. The monoisotopic (exact) mass is 351 g/mol. The lowest BCUT2D eigenvalue weighted by atomic mass is 10.1. The molecule has 0 aliphatic carbocycles. The summed E-state index contributed by atoms with van der Waals surface area (Å²) in [4.78, 5) is 12.3. The average Bonchev–Trinajstić information content (AvgIpc) is 3.06. The van der Waals surface area contributed by atoms with Gasteiger partial charge in [0.15, 0.2) is 17.1 Å². The lowest BCUT2D eigenvalue weighted by Crippen LogP contribution is -2.26. The highest BCUT2D eigenvalue weighted by molar-refractivity contribution is 6.05. The number of nitrogens with one attached hydrogen (secondary N) is 3. The van der Waals surface area contributed by atoms with Crippen LogP contribution < -0.4 is 16.5 Å². The molecule has 26 heavy (non-hydrogen) atoms. The zero-order valence-corrected chi connectivity index (χ0v) is 13.9. The Labute approximate surface area is 148 Å². The molecule has 0 radical (unpaired) electrons. The molecule has 1 amide bonds. The van der Waals surface area contributed by atoms with Gasteiger partial charge in [-0.25, -0.2) is 5.43 Å². The Morgan fingerprint density at radius 1 is 1.23 bits per heavy atom. The molecule has 0 unspecified atom stereocenters. The highest BCUT2D eigenvalue weighted by Crippen LogP contribution is 2.27. The number of hydrazone groups is 1. The largest absolute Gasteiger partial charge is 0.504 e. The van der Waals surface area contributed by atoms with Crippen LogP contribution >= 0.6 is 0 Å². The van der Waals surface area contributed by atoms with E-state index in [2.05, 4.69) is 15.8 Å². The summed E-state index contributed by atoms with van der Waals surface area (Å²) in [5.74, 6) is -0.573. The lowest BCUT2D eigenvalue weighted by Gasteiger charge is -2.05. The molecule has 0 saturated carbocycles. The highest BCUT2D eigenvalue weighted by Gasteiger charge is 2.14. The molecule has 1 heterocycles. The van der Waals surface area contributed by atoms with Crippen LogP contribution in [0.3, 0.4) is 0 Å². The van der Waals surface area contributed by atoms with Gasteiger partial charge < -0.3 is 20.6 Å². The number of hydrogen-bond donors (Lipinski definition) is 5. The third-order valence-corrected chi connectivity index (χ3v) is 3.65. The molecule has 0 atom stereocenters. The zero-order valence-electron chi connectivity index (χ0n) is 13.9. The minimum Gasteiger partial charge on any atom is -0.504 e. The van der Waals surface area contributed by atoms with Crippen LogP contribution in [0.5, 0.6) is 5.75 Å². The van der Waals surface area contributed by atoms with Crippen LogP contribution in [0, 0.1) is 5.41 Å². The van der Waals surface area contributed by atoms with Gasteiger partial charge in [-0.1, -0.05) is 24.3 Å². The number of phenolic OH excluding ortho intramolecular Hbond substituents is 1. The van der Waals surface area contributed by atoms with E-state index >= 15 is 0 Å². The maximum atomic E-state index is 12.3. The molecular formula is C18H17N5O3. The van der Waals surface area contributed by atoms with Crippen LogP contribution in [0.15, 0.2) is 58.0 Å². The van der Waals surface area contributed by atoms with Crippen molar-refractivity contribution in [3.8, 4) is 5.75 Å². The third kappa shape index (κ3) is 3.64. The normalized spacial score (nSPS) is 11.3. The molecule has 8 heteroatoms. The first kappa shape index (κ1) is 17.0. The van der Waals surface area contributed by atoms with Gasteiger partial charge in [-0.3, -0.25) is 10.2 Å². The zero-order chi connectivity index (χ0) is 18.7. The third-order valence-electron chi connectivity index (χ3n) is 3.65. The van der Waals surface area contributed by atoms with Crippen LogP contribution in [0.25, 0.3) is 11.0 Å². The molecular weight excluding hydrogens is 334 g/mol. The maximum Gasteiger partial charge on any atom is 0.291 e. The fourth-order valence-electron chi connectivity index (χ4n) is 2.36. The van der Waals surface area contributed by atoms with Gasteiger partial charge in [0.1, 0.15) is 0 Å². The Morgan fingerprint density at radius 3 is 2.62 bits per heavy atom.